The fourth-order valence-corrected chi connectivity index (χ4v) is 3.66. The van der Waals surface area contributed by atoms with E-state index in [9.17, 15) is 9.59 Å². The molecule has 0 spiro atoms. The van der Waals surface area contributed by atoms with E-state index in [-0.39, 0.29) is 35.1 Å². The van der Waals surface area contributed by atoms with Crippen molar-refractivity contribution in [3.05, 3.63) is 99.7 Å². The van der Waals surface area contributed by atoms with Crippen LogP contribution in [0.4, 0.5) is 0 Å². The minimum Gasteiger partial charge on any atom is -0.467 e. The zero-order valence-corrected chi connectivity index (χ0v) is 17.2. The zero-order chi connectivity index (χ0) is 22.2. The van der Waals surface area contributed by atoms with Crippen molar-refractivity contribution in [2.75, 3.05) is 0 Å². The summed E-state index contributed by atoms with van der Waals surface area (Å²) in [6, 6.07) is 12.0. The highest BCUT2D eigenvalue weighted by molar-refractivity contribution is 5.96. The first-order valence-corrected chi connectivity index (χ1v) is 9.96. The lowest BCUT2D eigenvalue weighted by molar-refractivity contribution is 0.0945. The lowest BCUT2D eigenvalue weighted by atomic mass is 10.2. The second kappa shape index (κ2) is 7.69. The molecule has 32 heavy (non-hydrogen) atoms. The summed E-state index contributed by atoms with van der Waals surface area (Å²) in [5, 5.41) is 11.7. The molecule has 0 aliphatic carbocycles. The quantitative estimate of drug-likeness (QED) is 0.416. The fourth-order valence-electron chi connectivity index (χ4n) is 3.66. The van der Waals surface area contributed by atoms with Crippen molar-refractivity contribution in [2.45, 2.75) is 20.0 Å². The molecule has 0 saturated carbocycles. The summed E-state index contributed by atoms with van der Waals surface area (Å²) in [5.74, 6) is 0.664. The van der Waals surface area contributed by atoms with Gasteiger partial charge in [0.25, 0.3) is 11.5 Å². The van der Waals surface area contributed by atoms with Gasteiger partial charge in [-0.05, 0) is 48.9 Å². The highest BCUT2D eigenvalue weighted by atomic mass is 16.3. The standard InChI is InChI=1S/C23H19N5O4/c1-14-5-2-8-27-20(14)26-21-18(23(27)30)11-17(22(29)25-12-15-6-3-9-31-15)19(24)28(21)13-16-7-4-10-32-16/h2-11,24H,12-13H2,1H3,(H,25,29). The summed E-state index contributed by atoms with van der Waals surface area (Å²) in [7, 11) is 0. The predicted octanol–water partition coefficient (Wildman–Crippen LogP) is 2.60. The van der Waals surface area contributed by atoms with Crippen LogP contribution in [0.2, 0.25) is 0 Å². The molecule has 0 fully saturated rings. The normalized spacial score (nSPS) is 11.3. The zero-order valence-electron chi connectivity index (χ0n) is 17.2. The first kappa shape index (κ1) is 19.6. The Balaban J connectivity index is 1.72. The van der Waals surface area contributed by atoms with Crippen LogP contribution >= 0.6 is 0 Å². The number of nitrogens with zero attached hydrogens (tertiary/aromatic N) is 3. The van der Waals surface area contributed by atoms with Crippen LogP contribution in [0.3, 0.4) is 0 Å². The van der Waals surface area contributed by atoms with E-state index in [2.05, 4.69) is 10.3 Å². The maximum Gasteiger partial charge on any atom is 0.267 e. The molecule has 5 aromatic heterocycles. The number of fused-ring (bicyclic) bond motifs is 2. The second-order valence-electron chi connectivity index (χ2n) is 7.37. The molecule has 0 aromatic carbocycles. The minimum atomic E-state index is -0.491. The van der Waals surface area contributed by atoms with E-state index in [4.69, 9.17) is 14.2 Å². The summed E-state index contributed by atoms with van der Waals surface area (Å²) in [5.41, 5.74) is 1.29. The largest absolute Gasteiger partial charge is 0.467 e. The van der Waals surface area contributed by atoms with Crippen molar-refractivity contribution >= 4 is 22.6 Å². The fraction of sp³-hybridized carbons (Fsp3) is 0.130. The number of aromatic nitrogens is 3. The number of carbonyl (C=O) groups excluding carboxylic acids is 1. The van der Waals surface area contributed by atoms with Gasteiger partial charge in [0.05, 0.1) is 36.6 Å². The lowest BCUT2D eigenvalue weighted by Crippen LogP contribution is -2.35. The molecule has 0 unspecified atom stereocenters. The maximum atomic E-state index is 13.3. The third kappa shape index (κ3) is 3.29. The third-order valence-electron chi connectivity index (χ3n) is 5.28. The molecule has 0 atom stereocenters. The van der Waals surface area contributed by atoms with Gasteiger partial charge in [-0.25, -0.2) is 4.98 Å². The van der Waals surface area contributed by atoms with Crippen LogP contribution in [0, 0.1) is 12.3 Å². The Bertz CT molecular complexity index is 1560. The summed E-state index contributed by atoms with van der Waals surface area (Å²) >= 11 is 0. The molecule has 5 heterocycles. The number of amides is 1. The number of hydrogen-bond donors (Lipinski definition) is 2. The highest BCUT2D eigenvalue weighted by Crippen LogP contribution is 2.14. The average Bonchev–Trinajstić information content (AvgIpc) is 3.49. The summed E-state index contributed by atoms with van der Waals surface area (Å²) < 4.78 is 13.7. The van der Waals surface area contributed by atoms with Crippen LogP contribution in [0.5, 0.6) is 0 Å². The van der Waals surface area contributed by atoms with Gasteiger partial charge in [0.1, 0.15) is 28.3 Å². The Morgan fingerprint density at radius 1 is 1.09 bits per heavy atom. The van der Waals surface area contributed by atoms with Crippen LogP contribution in [0.25, 0.3) is 16.7 Å². The molecule has 9 heteroatoms. The van der Waals surface area contributed by atoms with E-state index >= 15 is 0 Å². The van der Waals surface area contributed by atoms with Crippen molar-refractivity contribution < 1.29 is 13.6 Å². The van der Waals surface area contributed by atoms with Gasteiger partial charge in [0.15, 0.2) is 0 Å². The van der Waals surface area contributed by atoms with Crippen molar-refractivity contribution in [2.24, 2.45) is 0 Å². The first-order chi connectivity index (χ1) is 15.5. The lowest BCUT2D eigenvalue weighted by Gasteiger charge is -2.14. The van der Waals surface area contributed by atoms with Crippen molar-refractivity contribution in [1.82, 2.24) is 19.3 Å². The molecule has 160 valence electrons. The van der Waals surface area contributed by atoms with E-state index in [0.717, 1.165) is 5.56 Å². The van der Waals surface area contributed by atoms with Crippen molar-refractivity contribution in [3.8, 4) is 0 Å². The smallest absolute Gasteiger partial charge is 0.267 e. The molecule has 0 aliphatic rings. The molecule has 0 radical (unpaired) electrons. The second-order valence-corrected chi connectivity index (χ2v) is 7.37. The summed E-state index contributed by atoms with van der Waals surface area (Å²) in [6.07, 6.45) is 4.69. The topological polar surface area (TPSA) is 119 Å². The van der Waals surface area contributed by atoms with Gasteiger partial charge in [-0.3, -0.25) is 19.4 Å². The van der Waals surface area contributed by atoms with Crippen LogP contribution in [0.15, 0.2) is 74.8 Å². The Hall–Kier alpha value is -4.40. The van der Waals surface area contributed by atoms with E-state index in [1.807, 2.05) is 13.0 Å². The number of hydrogen-bond acceptors (Lipinski definition) is 6. The molecule has 0 bridgehead atoms. The van der Waals surface area contributed by atoms with Crippen molar-refractivity contribution in [3.63, 3.8) is 0 Å². The Morgan fingerprint density at radius 3 is 2.56 bits per heavy atom. The van der Waals surface area contributed by atoms with Crippen LogP contribution in [-0.4, -0.2) is 19.9 Å². The minimum absolute atomic E-state index is 0.0575. The van der Waals surface area contributed by atoms with E-state index in [0.29, 0.717) is 22.8 Å². The molecule has 0 aliphatic heterocycles. The molecule has 2 N–H and O–H groups in total. The Labute approximate surface area is 181 Å². The van der Waals surface area contributed by atoms with E-state index < -0.39 is 5.91 Å². The highest BCUT2D eigenvalue weighted by Gasteiger charge is 2.19. The average molecular weight is 429 g/mol. The van der Waals surface area contributed by atoms with Gasteiger partial charge < -0.3 is 18.7 Å². The number of aryl methyl sites for hydroxylation is 1. The molecule has 5 rings (SSSR count). The molecular weight excluding hydrogens is 410 g/mol. The number of nitrogens with one attached hydrogen (secondary N) is 2. The van der Waals surface area contributed by atoms with Gasteiger partial charge in [0, 0.05) is 6.20 Å². The molecule has 1 amide bonds. The van der Waals surface area contributed by atoms with Gasteiger partial charge in [-0.2, -0.15) is 0 Å². The van der Waals surface area contributed by atoms with E-state index in [1.54, 1.807) is 36.5 Å². The number of carbonyl (C=O) groups is 1. The monoisotopic (exact) mass is 429 g/mol. The molecule has 5 aromatic rings. The molecule has 0 saturated heterocycles. The Morgan fingerprint density at radius 2 is 1.84 bits per heavy atom. The number of furan rings is 2. The van der Waals surface area contributed by atoms with Gasteiger partial charge in [-0.15, -0.1) is 0 Å². The SMILES string of the molecule is Cc1cccn2c(=O)c3cc(C(=O)NCc4ccco4)c(=N)n(Cc4ccco4)c3nc12. The van der Waals surface area contributed by atoms with Gasteiger partial charge >= 0.3 is 0 Å². The first-order valence-electron chi connectivity index (χ1n) is 9.96. The maximum absolute atomic E-state index is 13.3. The van der Waals surface area contributed by atoms with Gasteiger partial charge in [-0.1, -0.05) is 6.07 Å². The van der Waals surface area contributed by atoms with Crippen molar-refractivity contribution in [1.29, 1.82) is 5.41 Å². The molecular formula is C23H19N5O4. The van der Waals surface area contributed by atoms with Crippen LogP contribution in [0.1, 0.15) is 27.4 Å². The predicted molar refractivity (Wildman–Crippen MR) is 115 cm³/mol. The summed E-state index contributed by atoms with van der Waals surface area (Å²) in [6.45, 7) is 2.17. The van der Waals surface area contributed by atoms with Crippen LogP contribution < -0.4 is 16.4 Å². The van der Waals surface area contributed by atoms with Gasteiger partial charge in [0.2, 0.25) is 0 Å². The number of rotatable bonds is 5. The third-order valence-corrected chi connectivity index (χ3v) is 5.28. The van der Waals surface area contributed by atoms with E-state index in [1.165, 1.54) is 27.6 Å². The van der Waals surface area contributed by atoms with Crippen LogP contribution in [-0.2, 0) is 13.1 Å². The summed E-state index contributed by atoms with van der Waals surface area (Å²) in [4.78, 5) is 30.9. The molecule has 9 nitrogen and oxygen atoms in total. The number of pyridine rings is 2. The Kier molecular flexibility index (Phi) is 4.70.